The van der Waals surface area contributed by atoms with E-state index in [1.807, 2.05) is 0 Å². The molecule has 2 aromatic carbocycles. The van der Waals surface area contributed by atoms with Crippen molar-refractivity contribution in [2.24, 2.45) is 0 Å². The van der Waals surface area contributed by atoms with Gasteiger partial charge in [0.2, 0.25) is 0 Å². The summed E-state index contributed by atoms with van der Waals surface area (Å²) in [6.45, 7) is 12.9. The Hall–Kier alpha value is -1.06. The number of benzene rings is 2. The van der Waals surface area contributed by atoms with E-state index >= 15 is 0 Å². The van der Waals surface area contributed by atoms with Crippen molar-refractivity contribution in [3.05, 3.63) is 59.7 Å². The third-order valence-electron chi connectivity index (χ3n) is 4.67. The van der Waals surface area contributed by atoms with Gasteiger partial charge in [-0.05, 0) is 42.2 Å². The fourth-order valence-electron chi connectivity index (χ4n) is 3.52. The average molecular weight is 367 g/mol. The summed E-state index contributed by atoms with van der Waals surface area (Å²) >= 11 is 0. The number of fused-ring (bicyclic) bond motifs is 1. The Bertz CT molecular complexity index is 678. The molecule has 1 atom stereocenters. The zero-order valence-corrected chi connectivity index (χ0v) is 16.2. The van der Waals surface area contributed by atoms with Crippen molar-refractivity contribution in [1.82, 2.24) is 10.2 Å². The first-order chi connectivity index (χ1) is 10.7. The number of piperazine rings is 1. The molecule has 1 fully saturated rings. The van der Waals surface area contributed by atoms with E-state index in [0.717, 1.165) is 32.6 Å². The van der Waals surface area contributed by atoms with E-state index in [1.54, 1.807) is 0 Å². The third kappa shape index (κ3) is 4.52. The summed E-state index contributed by atoms with van der Waals surface area (Å²) in [5.74, 6) is 0. The number of hydrogen-bond acceptors (Lipinski definition) is 2. The Balaban J connectivity index is 0.00000144. The van der Waals surface area contributed by atoms with Crippen molar-refractivity contribution < 1.29 is 0 Å². The van der Waals surface area contributed by atoms with Crippen LogP contribution in [0.25, 0.3) is 10.8 Å². The zero-order valence-electron chi connectivity index (χ0n) is 14.5. The number of nitrogens with zero attached hydrogens (tertiary/aromatic N) is 1. The first-order valence-corrected chi connectivity index (χ1v) is 8.24. The quantitative estimate of drug-likeness (QED) is 0.773. The van der Waals surface area contributed by atoms with Crippen LogP contribution in [0.2, 0.25) is 0 Å². The Labute approximate surface area is 158 Å². The summed E-state index contributed by atoms with van der Waals surface area (Å²) in [7, 11) is 0. The molecular formula is C20H28Cl2N2. The maximum Gasteiger partial charge on any atom is 0.0392 e. The molecule has 1 aliphatic heterocycles. The second-order valence-electron chi connectivity index (χ2n) is 6.48. The van der Waals surface area contributed by atoms with E-state index in [9.17, 15) is 0 Å². The maximum absolute atomic E-state index is 4.17. The average Bonchev–Trinajstić information content (AvgIpc) is 2.54. The number of aryl methyl sites for hydroxylation is 1. The lowest BCUT2D eigenvalue weighted by Gasteiger charge is -2.36. The van der Waals surface area contributed by atoms with Gasteiger partial charge in [-0.2, -0.15) is 0 Å². The summed E-state index contributed by atoms with van der Waals surface area (Å²) in [5.41, 5.74) is 4.06. The van der Waals surface area contributed by atoms with Crippen LogP contribution in [-0.4, -0.2) is 31.1 Å². The summed E-state index contributed by atoms with van der Waals surface area (Å²) in [6, 6.07) is 13.8. The lowest BCUT2D eigenvalue weighted by Crippen LogP contribution is -2.45. The molecule has 0 saturated carbocycles. The molecule has 132 valence electrons. The second kappa shape index (κ2) is 9.43. The molecule has 3 rings (SSSR count). The summed E-state index contributed by atoms with van der Waals surface area (Å²) in [6.07, 6.45) is 1.03. The molecule has 1 N–H and O–H groups in total. The van der Waals surface area contributed by atoms with Crippen LogP contribution in [0.5, 0.6) is 0 Å². The van der Waals surface area contributed by atoms with E-state index in [2.05, 4.69) is 67.0 Å². The Morgan fingerprint density at radius 3 is 2.33 bits per heavy atom. The van der Waals surface area contributed by atoms with Gasteiger partial charge in [0, 0.05) is 32.2 Å². The number of halogens is 2. The highest BCUT2D eigenvalue weighted by Gasteiger charge is 2.23. The van der Waals surface area contributed by atoms with E-state index in [0.29, 0.717) is 6.04 Å². The normalized spacial score (nSPS) is 16.1. The minimum Gasteiger partial charge on any atom is -0.314 e. The SMILES string of the molecule is C=C(C)C[C@@H](c1ccc(C)c2ccccc12)N1CCNCC1.Cl.Cl. The monoisotopic (exact) mass is 366 g/mol. The van der Waals surface area contributed by atoms with E-state index < -0.39 is 0 Å². The summed E-state index contributed by atoms with van der Waals surface area (Å²) in [5, 5.41) is 6.23. The molecule has 2 aromatic rings. The highest BCUT2D eigenvalue weighted by atomic mass is 35.5. The van der Waals surface area contributed by atoms with Crippen molar-refractivity contribution in [2.75, 3.05) is 26.2 Å². The van der Waals surface area contributed by atoms with Gasteiger partial charge in [-0.3, -0.25) is 4.90 Å². The van der Waals surface area contributed by atoms with Crippen molar-refractivity contribution in [3.8, 4) is 0 Å². The molecule has 1 heterocycles. The zero-order chi connectivity index (χ0) is 15.5. The van der Waals surface area contributed by atoms with Crippen LogP contribution in [0.1, 0.15) is 30.5 Å². The maximum atomic E-state index is 4.17. The van der Waals surface area contributed by atoms with Crippen molar-refractivity contribution >= 4 is 35.6 Å². The van der Waals surface area contributed by atoms with Gasteiger partial charge >= 0.3 is 0 Å². The highest BCUT2D eigenvalue weighted by Crippen LogP contribution is 2.34. The lowest BCUT2D eigenvalue weighted by molar-refractivity contribution is 0.173. The van der Waals surface area contributed by atoms with Gasteiger partial charge in [0.25, 0.3) is 0 Å². The van der Waals surface area contributed by atoms with Gasteiger partial charge < -0.3 is 5.32 Å². The van der Waals surface area contributed by atoms with Gasteiger partial charge in [-0.25, -0.2) is 0 Å². The van der Waals surface area contributed by atoms with Crippen molar-refractivity contribution in [1.29, 1.82) is 0 Å². The van der Waals surface area contributed by atoms with Crippen LogP contribution in [0.4, 0.5) is 0 Å². The third-order valence-corrected chi connectivity index (χ3v) is 4.67. The predicted molar refractivity (Wildman–Crippen MR) is 110 cm³/mol. The topological polar surface area (TPSA) is 15.3 Å². The number of nitrogens with one attached hydrogen (secondary N) is 1. The van der Waals surface area contributed by atoms with Gasteiger partial charge in [0.15, 0.2) is 0 Å². The minimum absolute atomic E-state index is 0. The van der Waals surface area contributed by atoms with Crippen LogP contribution in [0.3, 0.4) is 0 Å². The molecular weight excluding hydrogens is 339 g/mol. The highest BCUT2D eigenvalue weighted by molar-refractivity contribution is 5.89. The Morgan fingerprint density at radius 2 is 1.71 bits per heavy atom. The van der Waals surface area contributed by atoms with Gasteiger partial charge in [-0.15, -0.1) is 31.4 Å². The van der Waals surface area contributed by atoms with Crippen molar-refractivity contribution in [2.45, 2.75) is 26.3 Å². The van der Waals surface area contributed by atoms with Gasteiger partial charge in [-0.1, -0.05) is 42.0 Å². The molecule has 0 amide bonds. The molecule has 2 nitrogen and oxygen atoms in total. The molecule has 0 spiro atoms. The van der Waals surface area contributed by atoms with Crippen LogP contribution in [0.15, 0.2) is 48.6 Å². The molecule has 0 bridgehead atoms. The molecule has 0 unspecified atom stereocenters. The lowest BCUT2D eigenvalue weighted by atomic mass is 9.91. The Kier molecular flexibility index (Phi) is 8.24. The standard InChI is InChI=1S/C20H26N2.2ClH/c1-15(2)14-20(22-12-10-21-11-13-22)19-9-8-16(3)17-6-4-5-7-18(17)19;;/h4-9,20-21H,1,10-14H2,2-3H3;2*1H/t20-;;/m0../s1. The molecule has 0 radical (unpaired) electrons. The largest absolute Gasteiger partial charge is 0.314 e. The molecule has 0 aromatic heterocycles. The van der Waals surface area contributed by atoms with E-state index in [1.165, 1.54) is 27.5 Å². The van der Waals surface area contributed by atoms with Gasteiger partial charge in [0.1, 0.15) is 0 Å². The summed E-state index contributed by atoms with van der Waals surface area (Å²) in [4.78, 5) is 2.61. The predicted octanol–water partition coefficient (Wildman–Crippen LogP) is 4.90. The number of rotatable bonds is 4. The molecule has 0 aliphatic carbocycles. The summed E-state index contributed by atoms with van der Waals surface area (Å²) < 4.78 is 0. The first kappa shape index (κ1) is 21.0. The minimum atomic E-state index is 0. The van der Waals surface area contributed by atoms with E-state index in [4.69, 9.17) is 0 Å². The van der Waals surface area contributed by atoms with Crippen LogP contribution in [-0.2, 0) is 0 Å². The fraction of sp³-hybridized carbons (Fsp3) is 0.400. The van der Waals surface area contributed by atoms with Crippen LogP contribution < -0.4 is 5.32 Å². The van der Waals surface area contributed by atoms with Crippen LogP contribution in [0, 0.1) is 6.92 Å². The smallest absolute Gasteiger partial charge is 0.0392 e. The molecule has 24 heavy (non-hydrogen) atoms. The van der Waals surface area contributed by atoms with Crippen molar-refractivity contribution in [3.63, 3.8) is 0 Å². The van der Waals surface area contributed by atoms with Gasteiger partial charge in [0.05, 0.1) is 0 Å². The molecule has 1 saturated heterocycles. The fourth-order valence-corrected chi connectivity index (χ4v) is 3.52. The molecule has 1 aliphatic rings. The first-order valence-electron chi connectivity index (χ1n) is 8.24. The number of hydrogen-bond donors (Lipinski definition) is 1. The Morgan fingerprint density at radius 1 is 1.08 bits per heavy atom. The van der Waals surface area contributed by atoms with Crippen LogP contribution >= 0.6 is 24.8 Å². The molecule has 4 heteroatoms. The van der Waals surface area contributed by atoms with E-state index in [-0.39, 0.29) is 24.8 Å². The second-order valence-corrected chi connectivity index (χ2v) is 6.48.